The van der Waals surface area contributed by atoms with Gasteiger partial charge in [-0.1, -0.05) is 61.4 Å². The van der Waals surface area contributed by atoms with Gasteiger partial charge in [0.25, 0.3) is 0 Å². The van der Waals surface area contributed by atoms with E-state index < -0.39 is 0 Å². The van der Waals surface area contributed by atoms with E-state index >= 15 is 0 Å². The van der Waals surface area contributed by atoms with E-state index in [0.717, 1.165) is 18.4 Å². The summed E-state index contributed by atoms with van der Waals surface area (Å²) in [7, 11) is 0. The second-order valence-corrected chi connectivity index (χ2v) is 7.49. The molecule has 0 fully saturated rings. The molecular weight excluding hydrogens is 396 g/mol. The van der Waals surface area contributed by atoms with E-state index in [-0.39, 0.29) is 16.4 Å². The van der Waals surface area contributed by atoms with Gasteiger partial charge in [0.1, 0.15) is 5.75 Å². The Morgan fingerprint density at radius 2 is 1.81 bits per heavy atom. The summed E-state index contributed by atoms with van der Waals surface area (Å²) in [5.41, 5.74) is 1.36. The monoisotopic (exact) mass is 418 g/mol. The van der Waals surface area contributed by atoms with Crippen molar-refractivity contribution in [1.29, 1.82) is 0 Å². The van der Waals surface area contributed by atoms with E-state index in [0.29, 0.717) is 10.0 Å². The van der Waals surface area contributed by atoms with Gasteiger partial charge in [0.15, 0.2) is 5.78 Å². The minimum atomic E-state index is -0.219. The van der Waals surface area contributed by atoms with Gasteiger partial charge >= 0.3 is 0 Å². The Hall–Kier alpha value is -0.350. The van der Waals surface area contributed by atoms with Crippen LogP contribution in [0.25, 0.3) is 0 Å². The number of halogens is 2. The third-order valence-electron chi connectivity index (χ3n) is 3.57. The molecule has 1 atom stereocenters. The highest BCUT2D eigenvalue weighted by Crippen LogP contribution is 2.31. The third-order valence-corrected chi connectivity index (χ3v) is 5.05. The Morgan fingerprint density at radius 1 is 1.19 bits per heavy atom. The molecule has 1 aromatic carbocycles. The zero-order valence-electron chi connectivity index (χ0n) is 12.8. The number of carbonyl (C=O) groups is 1. The minimum absolute atomic E-state index is 0.0366. The molecule has 0 aliphatic rings. The van der Waals surface area contributed by atoms with Gasteiger partial charge in [0, 0.05) is 0 Å². The molecule has 1 rings (SSSR count). The maximum absolute atomic E-state index is 12.4. The van der Waals surface area contributed by atoms with Crippen LogP contribution in [-0.4, -0.2) is 15.7 Å². The van der Waals surface area contributed by atoms with Crippen LogP contribution in [0.1, 0.15) is 67.8 Å². The molecule has 21 heavy (non-hydrogen) atoms. The standard InChI is InChI=1S/C17H24Br2O2/c1-3-4-5-6-7-8-9-14(18)16(20)13-10-12(2)11-15(19)17(13)21/h10-11,14,21H,3-9H2,1-2H3/t14-/m1/s1. The second kappa shape index (κ2) is 9.62. The predicted molar refractivity (Wildman–Crippen MR) is 95.6 cm³/mol. The van der Waals surface area contributed by atoms with E-state index in [4.69, 9.17) is 0 Å². The van der Waals surface area contributed by atoms with Crippen molar-refractivity contribution in [3.05, 3.63) is 27.7 Å². The first-order valence-electron chi connectivity index (χ1n) is 7.64. The fraction of sp³-hybridized carbons (Fsp3) is 0.588. The second-order valence-electron chi connectivity index (χ2n) is 5.53. The number of aromatic hydroxyl groups is 1. The largest absolute Gasteiger partial charge is 0.506 e. The summed E-state index contributed by atoms with van der Waals surface area (Å²) in [6, 6.07) is 3.56. The number of phenolic OH excluding ortho intramolecular Hbond substituents is 1. The molecule has 0 aliphatic carbocycles. The molecule has 1 N–H and O–H groups in total. The van der Waals surface area contributed by atoms with Gasteiger partial charge in [0.05, 0.1) is 14.9 Å². The van der Waals surface area contributed by atoms with Crippen molar-refractivity contribution >= 4 is 37.6 Å². The molecule has 0 saturated heterocycles. The van der Waals surface area contributed by atoms with Crippen LogP contribution in [-0.2, 0) is 0 Å². The number of ketones is 1. The molecule has 118 valence electrons. The van der Waals surface area contributed by atoms with Gasteiger partial charge in [-0.2, -0.15) is 0 Å². The summed E-state index contributed by atoms with van der Waals surface area (Å²) in [5.74, 6) is 0.00320. The van der Waals surface area contributed by atoms with Gasteiger partial charge in [0.2, 0.25) is 0 Å². The highest BCUT2D eigenvalue weighted by atomic mass is 79.9. The quantitative estimate of drug-likeness (QED) is 0.295. The van der Waals surface area contributed by atoms with E-state index in [2.05, 4.69) is 38.8 Å². The Labute approximate surface area is 144 Å². The van der Waals surface area contributed by atoms with Gasteiger partial charge in [-0.05, 0) is 47.0 Å². The number of carbonyl (C=O) groups excluding carboxylic acids is 1. The number of hydrogen-bond donors (Lipinski definition) is 1. The maximum atomic E-state index is 12.4. The number of rotatable bonds is 9. The van der Waals surface area contributed by atoms with E-state index in [1.165, 1.54) is 32.1 Å². The van der Waals surface area contributed by atoms with Crippen molar-refractivity contribution in [3.8, 4) is 5.75 Å². The average Bonchev–Trinajstić information content (AvgIpc) is 2.45. The summed E-state index contributed by atoms with van der Waals surface area (Å²) in [6.07, 6.45) is 8.09. The van der Waals surface area contributed by atoms with Crippen molar-refractivity contribution < 1.29 is 9.90 Å². The zero-order chi connectivity index (χ0) is 15.8. The lowest BCUT2D eigenvalue weighted by Gasteiger charge is -2.12. The summed E-state index contributed by atoms with van der Waals surface area (Å²) in [5, 5.41) is 10.0. The number of alkyl halides is 1. The number of aryl methyl sites for hydroxylation is 1. The lowest BCUT2D eigenvalue weighted by molar-refractivity contribution is 0.0985. The highest BCUT2D eigenvalue weighted by molar-refractivity contribution is 9.10. The van der Waals surface area contributed by atoms with Crippen LogP contribution in [0.3, 0.4) is 0 Å². The molecule has 0 heterocycles. The molecule has 0 aromatic heterocycles. The van der Waals surface area contributed by atoms with Crippen molar-refractivity contribution in [2.24, 2.45) is 0 Å². The number of unbranched alkanes of at least 4 members (excludes halogenated alkanes) is 5. The van der Waals surface area contributed by atoms with Crippen LogP contribution < -0.4 is 0 Å². The molecule has 1 aromatic rings. The summed E-state index contributed by atoms with van der Waals surface area (Å²) < 4.78 is 0.574. The van der Waals surface area contributed by atoms with Crippen molar-refractivity contribution in [3.63, 3.8) is 0 Å². The number of Topliss-reactive ketones (excluding diaryl/α,β-unsaturated/α-hetero) is 1. The van der Waals surface area contributed by atoms with Crippen molar-refractivity contribution in [2.45, 2.75) is 63.6 Å². The van der Waals surface area contributed by atoms with Crippen LogP contribution in [0.2, 0.25) is 0 Å². The molecule has 0 bridgehead atoms. The molecule has 0 spiro atoms. The van der Waals surface area contributed by atoms with Crippen LogP contribution >= 0.6 is 31.9 Å². The molecule has 4 heteroatoms. The van der Waals surface area contributed by atoms with Crippen LogP contribution in [0, 0.1) is 6.92 Å². The average molecular weight is 420 g/mol. The first kappa shape index (κ1) is 18.7. The van der Waals surface area contributed by atoms with Gasteiger partial charge in [-0.25, -0.2) is 0 Å². The predicted octanol–water partition coefficient (Wildman–Crippen LogP) is 6.16. The number of benzene rings is 1. The third kappa shape index (κ3) is 6.11. The summed E-state index contributed by atoms with van der Waals surface area (Å²) in [6.45, 7) is 4.12. The molecule has 2 nitrogen and oxygen atoms in total. The summed E-state index contributed by atoms with van der Waals surface area (Å²) >= 11 is 6.75. The first-order chi connectivity index (χ1) is 9.97. The molecule has 0 saturated carbocycles. The molecule has 0 unspecified atom stereocenters. The fourth-order valence-electron chi connectivity index (χ4n) is 2.33. The maximum Gasteiger partial charge on any atom is 0.180 e. The Balaban J connectivity index is 2.51. The minimum Gasteiger partial charge on any atom is -0.506 e. The lowest BCUT2D eigenvalue weighted by atomic mass is 10.0. The molecule has 0 aliphatic heterocycles. The lowest BCUT2D eigenvalue weighted by Crippen LogP contribution is -2.14. The van der Waals surface area contributed by atoms with Gasteiger partial charge < -0.3 is 5.11 Å². The zero-order valence-corrected chi connectivity index (χ0v) is 16.0. The van der Waals surface area contributed by atoms with Crippen LogP contribution in [0.4, 0.5) is 0 Å². The van der Waals surface area contributed by atoms with E-state index in [9.17, 15) is 9.90 Å². The molecule has 0 amide bonds. The van der Waals surface area contributed by atoms with Crippen molar-refractivity contribution in [1.82, 2.24) is 0 Å². The number of phenols is 1. The smallest absolute Gasteiger partial charge is 0.180 e. The van der Waals surface area contributed by atoms with E-state index in [1.807, 2.05) is 13.0 Å². The molecular formula is C17H24Br2O2. The summed E-state index contributed by atoms with van der Waals surface area (Å²) in [4.78, 5) is 12.2. The Bertz CT molecular complexity index is 472. The van der Waals surface area contributed by atoms with Gasteiger partial charge in [-0.15, -0.1) is 0 Å². The Morgan fingerprint density at radius 3 is 2.48 bits per heavy atom. The van der Waals surface area contributed by atoms with Crippen LogP contribution in [0.15, 0.2) is 16.6 Å². The van der Waals surface area contributed by atoms with E-state index in [1.54, 1.807) is 6.07 Å². The fourth-order valence-corrected chi connectivity index (χ4v) is 3.47. The topological polar surface area (TPSA) is 37.3 Å². The highest BCUT2D eigenvalue weighted by Gasteiger charge is 2.21. The van der Waals surface area contributed by atoms with Crippen molar-refractivity contribution in [2.75, 3.05) is 0 Å². The number of hydrogen-bond acceptors (Lipinski definition) is 2. The van der Waals surface area contributed by atoms with Crippen LogP contribution in [0.5, 0.6) is 5.75 Å². The normalized spacial score (nSPS) is 12.4. The SMILES string of the molecule is CCCCCCCC[C@@H](Br)C(=O)c1cc(C)cc(Br)c1O. The van der Waals surface area contributed by atoms with Gasteiger partial charge in [-0.3, -0.25) is 4.79 Å². The first-order valence-corrected chi connectivity index (χ1v) is 9.35. The molecule has 0 radical (unpaired) electrons. The Kier molecular flexibility index (Phi) is 8.57.